The third-order valence-corrected chi connectivity index (χ3v) is 2.74. The highest BCUT2D eigenvalue weighted by molar-refractivity contribution is 5.30. The summed E-state index contributed by atoms with van der Waals surface area (Å²) in [6, 6.07) is 8.45. The molecule has 0 saturated heterocycles. The van der Waals surface area contributed by atoms with Crippen molar-refractivity contribution in [1.29, 1.82) is 0 Å². The van der Waals surface area contributed by atoms with Crippen LogP contribution < -0.4 is 0 Å². The molecule has 2 rings (SSSR count). The van der Waals surface area contributed by atoms with E-state index in [1.54, 1.807) is 0 Å². The monoisotopic (exact) mass is 162 g/mol. The van der Waals surface area contributed by atoms with E-state index in [0.29, 0.717) is 5.92 Å². The maximum atomic E-state index is 9.17. The van der Waals surface area contributed by atoms with Crippen LogP contribution in [0.5, 0.6) is 0 Å². The van der Waals surface area contributed by atoms with Crippen LogP contribution >= 0.6 is 0 Å². The molecule has 1 fully saturated rings. The minimum Gasteiger partial charge on any atom is -0.393 e. The summed E-state index contributed by atoms with van der Waals surface area (Å²) in [6.45, 7) is 2.14. The van der Waals surface area contributed by atoms with Crippen LogP contribution in [0.3, 0.4) is 0 Å². The second-order valence-corrected chi connectivity index (χ2v) is 3.68. The Morgan fingerprint density at radius 1 is 1.25 bits per heavy atom. The predicted octanol–water partition coefficient (Wildman–Crippen LogP) is 2.23. The molecular weight excluding hydrogens is 148 g/mol. The van der Waals surface area contributed by atoms with E-state index >= 15 is 0 Å². The van der Waals surface area contributed by atoms with Gasteiger partial charge >= 0.3 is 0 Å². The van der Waals surface area contributed by atoms with Gasteiger partial charge in [-0.15, -0.1) is 0 Å². The highest BCUT2D eigenvalue weighted by Gasteiger charge is 2.28. The minimum absolute atomic E-state index is 0.0467. The van der Waals surface area contributed by atoms with E-state index in [1.165, 1.54) is 11.1 Å². The van der Waals surface area contributed by atoms with Crippen LogP contribution in [0, 0.1) is 6.92 Å². The summed E-state index contributed by atoms with van der Waals surface area (Å²) in [5, 5.41) is 9.17. The van der Waals surface area contributed by atoms with Gasteiger partial charge in [0.2, 0.25) is 0 Å². The van der Waals surface area contributed by atoms with Crippen molar-refractivity contribution < 1.29 is 5.11 Å². The molecule has 1 heteroatoms. The molecule has 0 spiro atoms. The molecule has 1 N–H and O–H groups in total. The molecule has 1 nitrogen and oxygen atoms in total. The van der Waals surface area contributed by atoms with Gasteiger partial charge in [0.1, 0.15) is 0 Å². The van der Waals surface area contributed by atoms with Crippen LogP contribution in [-0.2, 0) is 0 Å². The quantitative estimate of drug-likeness (QED) is 0.671. The molecule has 0 heterocycles. The second kappa shape index (κ2) is 2.91. The second-order valence-electron chi connectivity index (χ2n) is 3.68. The Morgan fingerprint density at radius 2 is 1.92 bits per heavy atom. The van der Waals surface area contributed by atoms with Gasteiger partial charge in [0.15, 0.2) is 0 Å². The van der Waals surface area contributed by atoms with Crippen LogP contribution in [-0.4, -0.2) is 11.2 Å². The number of hydrogen-bond donors (Lipinski definition) is 1. The average Bonchev–Trinajstić information content (AvgIpc) is 2.01. The molecule has 1 aliphatic carbocycles. The van der Waals surface area contributed by atoms with E-state index in [9.17, 15) is 5.11 Å². The van der Waals surface area contributed by atoms with Gasteiger partial charge in [-0.3, -0.25) is 0 Å². The van der Waals surface area contributed by atoms with Crippen molar-refractivity contribution in [3.63, 3.8) is 0 Å². The summed E-state index contributed by atoms with van der Waals surface area (Å²) in [5.74, 6) is 0.612. The molecule has 0 aliphatic heterocycles. The Bertz CT molecular complexity index is 274. The molecule has 12 heavy (non-hydrogen) atoms. The van der Waals surface area contributed by atoms with Crippen LogP contribution in [0.2, 0.25) is 0 Å². The van der Waals surface area contributed by atoms with Gasteiger partial charge in [0, 0.05) is 0 Å². The van der Waals surface area contributed by atoms with Crippen molar-refractivity contribution in [2.45, 2.75) is 31.8 Å². The smallest absolute Gasteiger partial charge is 0.0552 e. The van der Waals surface area contributed by atoms with E-state index in [4.69, 9.17) is 0 Å². The molecule has 1 saturated carbocycles. The first kappa shape index (κ1) is 7.81. The molecule has 0 atom stereocenters. The summed E-state index contributed by atoms with van der Waals surface area (Å²) < 4.78 is 0. The van der Waals surface area contributed by atoms with Crippen molar-refractivity contribution in [1.82, 2.24) is 0 Å². The zero-order chi connectivity index (χ0) is 8.55. The largest absolute Gasteiger partial charge is 0.393 e. The van der Waals surface area contributed by atoms with Crippen molar-refractivity contribution in [3.8, 4) is 0 Å². The lowest BCUT2D eigenvalue weighted by Gasteiger charge is -2.32. The van der Waals surface area contributed by atoms with Gasteiger partial charge in [-0.2, -0.15) is 0 Å². The van der Waals surface area contributed by atoms with E-state index in [-0.39, 0.29) is 6.10 Å². The number of aliphatic hydroxyl groups excluding tert-OH is 1. The lowest BCUT2D eigenvalue weighted by atomic mass is 9.76. The van der Waals surface area contributed by atoms with Crippen LogP contribution in [0.15, 0.2) is 24.3 Å². The molecule has 1 aromatic carbocycles. The number of hydrogen-bond acceptors (Lipinski definition) is 1. The Kier molecular flexibility index (Phi) is 1.89. The number of aryl methyl sites for hydroxylation is 1. The van der Waals surface area contributed by atoms with Crippen molar-refractivity contribution in [3.05, 3.63) is 35.4 Å². The highest BCUT2D eigenvalue weighted by atomic mass is 16.3. The fourth-order valence-corrected chi connectivity index (χ4v) is 1.89. The molecule has 0 aromatic heterocycles. The fourth-order valence-electron chi connectivity index (χ4n) is 1.89. The normalized spacial score (nSPS) is 28.2. The maximum absolute atomic E-state index is 9.17. The maximum Gasteiger partial charge on any atom is 0.0552 e. The average molecular weight is 162 g/mol. The Hall–Kier alpha value is -0.820. The molecule has 0 bridgehead atoms. The Morgan fingerprint density at radius 3 is 2.50 bits per heavy atom. The highest BCUT2D eigenvalue weighted by Crippen LogP contribution is 2.37. The van der Waals surface area contributed by atoms with Gasteiger partial charge in [0.05, 0.1) is 6.10 Å². The fraction of sp³-hybridized carbons (Fsp3) is 0.455. The van der Waals surface area contributed by atoms with Gasteiger partial charge in [-0.25, -0.2) is 0 Å². The zero-order valence-corrected chi connectivity index (χ0v) is 7.33. The van der Waals surface area contributed by atoms with E-state index in [0.717, 1.165) is 12.8 Å². The lowest BCUT2D eigenvalue weighted by molar-refractivity contribution is 0.0744. The molecule has 0 unspecified atom stereocenters. The summed E-state index contributed by atoms with van der Waals surface area (Å²) in [4.78, 5) is 0. The first-order chi connectivity index (χ1) is 5.77. The molecular formula is C11H14O. The topological polar surface area (TPSA) is 20.2 Å². The zero-order valence-electron chi connectivity index (χ0n) is 7.33. The van der Waals surface area contributed by atoms with Gasteiger partial charge in [0.25, 0.3) is 0 Å². The van der Waals surface area contributed by atoms with Crippen molar-refractivity contribution in [2.24, 2.45) is 0 Å². The van der Waals surface area contributed by atoms with Gasteiger partial charge < -0.3 is 5.11 Å². The summed E-state index contributed by atoms with van der Waals surface area (Å²) in [7, 11) is 0. The Balaban J connectivity index is 2.18. The van der Waals surface area contributed by atoms with Crippen LogP contribution in [0.1, 0.15) is 29.9 Å². The first-order valence-corrected chi connectivity index (χ1v) is 4.51. The summed E-state index contributed by atoms with van der Waals surface area (Å²) >= 11 is 0. The van der Waals surface area contributed by atoms with E-state index in [1.807, 2.05) is 0 Å². The molecule has 1 aromatic rings. The van der Waals surface area contributed by atoms with Crippen LogP contribution in [0.25, 0.3) is 0 Å². The lowest BCUT2D eigenvalue weighted by Crippen LogP contribution is -2.26. The van der Waals surface area contributed by atoms with Crippen molar-refractivity contribution >= 4 is 0 Å². The minimum atomic E-state index is -0.0467. The molecule has 0 amide bonds. The van der Waals surface area contributed by atoms with E-state index < -0.39 is 0 Å². The van der Waals surface area contributed by atoms with Crippen molar-refractivity contribution in [2.75, 3.05) is 0 Å². The van der Waals surface area contributed by atoms with Gasteiger partial charge in [-0.1, -0.05) is 24.3 Å². The third-order valence-electron chi connectivity index (χ3n) is 2.74. The van der Waals surface area contributed by atoms with Crippen LogP contribution in [0.4, 0.5) is 0 Å². The number of benzene rings is 1. The third kappa shape index (κ3) is 1.25. The molecule has 64 valence electrons. The molecule has 1 aliphatic rings. The summed E-state index contributed by atoms with van der Waals surface area (Å²) in [6.07, 6.45) is 1.85. The first-order valence-electron chi connectivity index (χ1n) is 4.51. The standard InChI is InChI=1S/C11H14O/c1-8-4-2-3-5-11(8)9-6-10(12)7-9/h2-5,9-10,12H,6-7H2,1H3. The molecule has 0 radical (unpaired) electrons. The van der Waals surface area contributed by atoms with E-state index in [2.05, 4.69) is 31.2 Å². The number of rotatable bonds is 1. The predicted molar refractivity (Wildman–Crippen MR) is 49.2 cm³/mol. The number of aliphatic hydroxyl groups is 1. The SMILES string of the molecule is Cc1ccccc1C1CC(O)C1. The Labute approximate surface area is 73.0 Å². The summed E-state index contributed by atoms with van der Waals surface area (Å²) in [5.41, 5.74) is 2.78. The van der Waals surface area contributed by atoms with Gasteiger partial charge in [-0.05, 0) is 36.8 Å².